The Morgan fingerprint density at radius 3 is 1.50 bits per heavy atom. The summed E-state index contributed by atoms with van der Waals surface area (Å²) in [5.74, 6) is -6.98. The molecule has 0 aromatic carbocycles. The number of carbonyl (C=O) groups is 7. The van der Waals surface area contributed by atoms with Crippen LogP contribution in [0.5, 0.6) is 0 Å². The van der Waals surface area contributed by atoms with Gasteiger partial charge in [-0.2, -0.15) is 0 Å². The largest absolute Gasteiger partial charge is 0.465 e. The van der Waals surface area contributed by atoms with E-state index < -0.39 is 77.7 Å². The molecule has 1 aliphatic heterocycles. The number of rotatable bonds is 9. The SMILES string of the molecule is CC(=O)OCC1(COC(C)=O)CNCC(C(=O)C(C)=O)(C(=O)C(C)=O)C1OC(C)=O. The van der Waals surface area contributed by atoms with Gasteiger partial charge in [0.1, 0.15) is 19.3 Å². The first kappa shape index (κ1) is 25.1. The maximum atomic E-state index is 13.0. The minimum Gasteiger partial charge on any atom is -0.465 e. The van der Waals surface area contributed by atoms with E-state index in [0.29, 0.717) is 0 Å². The van der Waals surface area contributed by atoms with E-state index >= 15 is 0 Å². The summed E-state index contributed by atoms with van der Waals surface area (Å²) in [5.41, 5.74) is -4.04. The van der Waals surface area contributed by atoms with E-state index in [1.165, 1.54) is 0 Å². The topological polar surface area (TPSA) is 159 Å². The van der Waals surface area contributed by atoms with Crippen LogP contribution in [0.4, 0.5) is 0 Å². The molecule has 1 aliphatic rings. The van der Waals surface area contributed by atoms with Crippen LogP contribution in [0.3, 0.4) is 0 Å². The van der Waals surface area contributed by atoms with Gasteiger partial charge in [0, 0.05) is 47.7 Å². The Hall–Kier alpha value is -2.95. The third kappa shape index (κ3) is 5.15. The van der Waals surface area contributed by atoms with E-state index in [4.69, 9.17) is 14.2 Å². The van der Waals surface area contributed by atoms with E-state index in [-0.39, 0.29) is 6.54 Å². The van der Waals surface area contributed by atoms with Gasteiger partial charge in [-0.1, -0.05) is 0 Å². The Morgan fingerprint density at radius 2 is 1.17 bits per heavy atom. The van der Waals surface area contributed by atoms with Crippen LogP contribution in [0.2, 0.25) is 0 Å². The fourth-order valence-corrected chi connectivity index (χ4v) is 3.52. The number of ketones is 4. The van der Waals surface area contributed by atoms with E-state index in [1.54, 1.807) is 0 Å². The smallest absolute Gasteiger partial charge is 0.302 e. The molecule has 1 unspecified atom stereocenters. The van der Waals surface area contributed by atoms with Crippen LogP contribution in [0, 0.1) is 10.8 Å². The van der Waals surface area contributed by atoms with Gasteiger partial charge in [-0.05, 0) is 0 Å². The lowest BCUT2D eigenvalue weighted by Crippen LogP contribution is -2.72. The van der Waals surface area contributed by atoms with Crippen molar-refractivity contribution in [2.75, 3.05) is 26.3 Å². The summed E-state index contributed by atoms with van der Waals surface area (Å²) in [6.07, 6.45) is -1.73. The first-order chi connectivity index (χ1) is 13.8. The second-order valence-electron chi connectivity index (χ2n) is 7.26. The molecule has 1 fully saturated rings. The van der Waals surface area contributed by atoms with Crippen molar-refractivity contribution in [3.05, 3.63) is 0 Å². The fraction of sp³-hybridized carbons (Fsp3) is 0.632. The average Bonchev–Trinajstić information content (AvgIpc) is 2.64. The molecular formula is C19H25NO10. The summed E-state index contributed by atoms with van der Waals surface area (Å²) in [6.45, 7) is 3.38. The lowest BCUT2D eigenvalue weighted by molar-refractivity contribution is -0.196. The number of hydrogen-bond donors (Lipinski definition) is 1. The molecule has 30 heavy (non-hydrogen) atoms. The molecule has 0 aliphatic carbocycles. The summed E-state index contributed by atoms with van der Waals surface area (Å²) in [6, 6.07) is 0. The summed E-state index contributed by atoms with van der Waals surface area (Å²) in [7, 11) is 0. The van der Waals surface area contributed by atoms with E-state index in [2.05, 4.69) is 5.32 Å². The van der Waals surface area contributed by atoms with Crippen molar-refractivity contribution >= 4 is 41.0 Å². The van der Waals surface area contributed by atoms with Crippen LogP contribution in [-0.2, 0) is 47.8 Å². The monoisotopic (exact) mass is 427 g/mol. The highest BCUT2D eigenvalue weighted by Gasteiger charge is 2.66. The molecule has 11 heteroatoms. The molecule has 1 heterocycles. The van der Waals surface area contributed by atoms with Crippen LogP contribution < -0.4 is 5.32 Å². The van der Waals surface area contributed by atoms with Gasteiger partial charge in [0.25, 0.3) is 0 Å². The molecule has 0 spiro atoms. The molecule has 166 valence electrons. The van der Waals surface area contributed by atoms with Crippen LogP contribution in [-0.4, -0.2) is 73.4 Å². The van der Waals surface area contributed by atoms with Gasteiger partial charge in [0.2, 0.25) is 11.6 Å². The summed E-state index contributed by atoms with van der Waals surface area (Å²) < 4.78 is 15.4. The van der Waals surface area contributed by atoms with Gasteiger partial charge >= 0.3 is 17.9 Å². The number of ether oxygens (including phenoxy) is 3. The van der Waals surface area contributed by atoms with Crippen LogP contribution >= 0.6 is 0 Å². The molecule has 0 saturated carbocycles. The molecule has 0 radical (unpaired) electrons. The van der Waals surface area contributed by atoms with Crippen LogP contribution in [0.1, 0.15) is 34.6 Å². The van der Waals surface area contributed by atoms with Crippen molar-refractivity contribution in [3.8, 4) is 0 Å². The molecule has 0 bridgehead atoms. The second kappa shape index (κ2) is 9.70. The van der Waals surface area contributed by atoms with Gasteiger partial charge in [0.05, 0.1) is 5.41 Å². The molecule has 1 N–H and O–H groups in total. The molecule has 1 saturated heterocycles. The van der Waals surface area contributed by atoms with E-state index in [9.17, 15) is 33.6 Å². The summed E-state index contributed by atoms with van der Waals surface area (Å²) >= 11 is 0. The quantitative estimate of drug-likeness (QED) is 0.207. The lowest BCUT2D eigenvalue weighted by atomic mass is 9.60. The van der Waals surface area contributed by atoms with Gasteiger partial charge in [-0.25, -0.2) is 0 Å². The lowest BCUT2D eigenvalue weighted by Gasteiger charge is -2.50. The Bertz CT molecular complexity index is 740. The number of nitrogens with one attached hydrogen (secondary N) is 1. The maximum absolute atomic E-state index is 13.0. The molecule has 0 amide bonds. The minimum atomic E-state index is -2.41. The predicted octanol–water partition coefficient (Wildman–Crippen LogP) is -1.06. The molecule has 11 nitrogen and oxygen atoms in total. The predicted molar refractivity (Wildman–Crippen MR) is 97.9 cm³/mol. The van der Waals surface area contributed by atoms with Gasteiger partial charge in [-0.15, -0.1) is 0 Å². The first-order valence-corrected chi connectivity index (χ1v) is 9.05. The van der Waals surface area contributed by atoms with Crippen LogP contribution in [0.15, 0.2) is 0 Å². The number of carbonyl (C=O) groups excluding carboxylic acids is 7. The van der Waals surface area contributed by atoms with E-state index in [1.807, 2.05) is 0 Å². The normalized spacial score (nSPS) is 19.2. The van der Waals surface area contributed by atoms with Crippen molar-refractivity contribution < 1.29 is 47.8 Å². The highest BCUT2D eigenvalue weighted by molar-refractivity contribution is 6.51. The third-order valence-electron chi connectivity index (χ3n) is 4.74. The Labute approximate surface area is 172 Å². The zero-order valence-corrected chi connectivity index (χ0v) is 17.5. The Balaban J connectivity index is 3.78. The second-order valence-corrected chi connectivity index (χ2v) is 7.26. The van der Waals surface area contributed by atoms with Gasteiger partial charge in [-0.3, -0.25) is 33.6 Å². The number of hydrogen-bond acceptors (Lipinski definition) is 11. The van der Waals surface area contributed by atoms with Crippen molar-refractivity contribution in [2.24, 2.45) is 10.8 Å². The highest BCUT2D eigenvalue weighted by atomic mass is 16.6. The standard InChI is InChI=1S/C19H25NO10/c1-10(21)15(26)19(16(27)11(2)22)7-20-6-18(8-28-12(3)23,9-29-13(4)24)17(19)30-14(5)25/h17,20H,6-9H2,1-5H3. The highest BCUT2D eigenvalue weighted by Crippen LogP contribution is 2.43. The van der Waals surface area contributed by atoms with Crippen molar-refractivity contribution in [3.63, 3.8) is 0 Å². The maximum Gasteiger partial charge on any atom is 0.302 e. The molecule has 0 aromatic heterocycles. The Morgan fingerprint density at radius 1 is 0.733 bits per heavy atom. The molecule has 1 atom stereocenters. The summed E-state index contributed by atoms with van der Waals surface area (Å²) in [5, 5.41) is 2.77. The molecular weight excluding hydrogens is 402 g/mol. The van der Waals surface area contributed by atoms with E-state index in [0.717, 1.165) is 34.6 Å². The fourth-order valence-electron chi connectivity index (χ4n) is 3.52. The average molecular weight is 427 g/mol. The van der Waals surface area contributed by atoms with Crippen molar-refractivity contribution in [1.29, 1.82) is 0 Å². The van der Waals surface area contributed by atoms with Crippen molar-refractivity contribution in [2.45, 2.75) is 40.7 Å². The van der Waals surface area contributed by atoms with Gasteiger partial charge < -0.3 is 19.5 Å². The Kier molecular flexibility index (Phi) is 8.11. The minimum absolute atomic E-state index is 0.121. The van der Waals surface area contributed by atoms with Gasteiger partial charge in [0.15, 0.2) is 17.0 Å². The van der Waals surface area contributed by atoms with Crippen molar-refractivity contribution in [1.82, 2.24) is 5.32 Å². The summed E-state index contributed by atoms with van der Waals surface area (Å²) in [4.78, 5) is 84.7. The molecule has 1 rings (SSSR count). The third-order valence-corrected chi connectivity index (χ3v) is 4.74. The number of Topliss-reactive ketones (excluding diaryl/α,β-unsaturated/α-hetero) is 4. The number of piperidine rings is 1. The zero-order chi connectivity index (χ0) is 23.3. The number of esters is 3. The van der Waals surface area contributed by atoms with Crippen LogP contribution in [0.25, 0.3) is 0 Å². The molecule has 0 aromatic rings. The first-order valence-electron chi connectivity index (χ1n) is 9.05. The zero-order valence-electron chi connectivity index (χ0n) is 17.5.